The molecule has 0 amide bonds. The van der Waals surface area contributed by atoms with E-state index in [0.717, 1.165) is 6.92 Å². The van der Waals surface area contributed by atoms with E-state index in [1.165, 1.54) is 32.1 Å². The number of carboxylic acids is 2. The van der Waals surface area contributed by atoms with E-state index < -0.39 is 11.9 Å². The summed E-state index contributed by atoms with van der Waals surface area (Å²) in [6.07, 6.45) is 6.78. The Labute approximate surface area is 96.7 Å². The van der Waals surface area contributed by atoms with Gasteiger partial charge in [0.15, 0.2) is 0 Å². The van der Waals surface area contributed by atoms with Crippen molar-refractivity contribution in [3.05, 3.63) is 0 Å². The number of aliphatic carboxylic acids is 2. The second-order valence-corrected chi connectivity index (χ2v) is 4.49. The first-order chi connectivity index (χ1) is 7.43. The first-order valence-electron chi connectivity index (χ1n) is 5.84. The topological polar surface area (TPSA) is 74.6 Å². The highest BCUT2D eigenvalue weighted by Crippen LogP contribution is 2.31. The van der Waals surface area contributed by atoms with Crippen LogP contribution in [0.5, 0.6) is 0 Å². The van der Waals surface area contributed by atoms with Crippen molar-refractivity contribution in [2.75, 3.05) is 0 Å². The molecule has 0 aromatic rings. The summed E-state index contributed by atoms with van der Waals surface area (Å²) in [5.74, 6) is -0.425. The lowest BCUT2D eigenvalue weighted by molar-refractivity contribution is -0.138. The molecule has 1 atom stereocenters. The summed E-state index contributed by atoms with van der Waals surface area (Å²) < 4.78 is 0. The molecule has 0 bridgehead atoms. The van der Waals surface area contributed by atoms with Crippen molar-refractivity contribution in [1.29, 1.82) is 0 Å². The predicted molar refractivity (Wildman–Crippen MR) is 61.3 cm³/mol. The lowest BCUT2D eigenvalue weighted by Gasteiger charge is -2.26. The van der Waals surface area contributed by atoms with E-state index in [1.54, 1.807) is 0 Å². The van der Waals surface area contributed by atoms with E-state index in [0.29, 0.717) is 18.3 Å². The lowest BCUT2D eigenvalue weighted by atomic mass is 9.79. The van der Waals surface area contributed by atoms with E-state index in [4.69, 9.17) is 15.0 Å². The third-order valence-corrected chi connectivity index (χ3v) is 2.95. The molecule has 2 N–H and O–H groups in total. The molecule has 0 aromatic carbocycles. The monoisotopic (exact) mass is 230 g/mol. The van der Waals surface area contributed by atoms with E-state index >= 15 is 0 Å². The van der Waals surface area contributed by atoms with Crippen LogP contribution in [-0.4, -0.2) is 22.2 Å². The molecule has 1 aliphatic rings. The quantitative estimate of drug-likeness (QED) is 0.781. The van der Waals surface area contributed by atoms with Crippen LogP contribution in [0.4, 0.5) is 0 Å². The fraction of sp³-hybridized carbons (Fsp3) is 0.833. The van der Waals surface area contributed by atoms with Gasteiger partial charge in [0.1, 0.15) is 0 Å². The number of carboxylic acid groups (broad SMARTS) is 2. The van der Waals surface area contributed by atoms with E-state index in [9.17, 15) is 4.79 Å². The Bertz CT molecular complexity index is 215. The molecule has 16 heavy (non-hydrogen) atoms. The first kappa shape index (κ1) is 14.9. The highest BCUT2D eigenvalue weighted by molar-refractivity contribution is 5.67. The van der Waals surface area contributed by atoms with E-state index in [2.05, 4.69) is 6.92 Å². The fourth-order valence-electron chi connectivity index (χ4n) is 2.15. The Kier molecular flexibility index (Phi) is 7.60. The molecule has 4 nitrogen and oxygen atoms in total. The summed E-state index contributed by atoms with van der Waals surface area (Å²) >= 11 is 0. The summed E-state index contributed by atoms with van der Waals surface area (Å²) in [7, 11) is 0. The zero-order valence-corrected chi connectivity index (χ0v) is 10.1. The number of hydrogen-bond donors (Lipinski definition) is 2. The van der Waals surface area contributed by atoms with Gasteiger partial charge in [0.2, 0.25) is 0 Å². The van der Waals surface area contributed by atoms with Gasteiger partial charge in [0.05, 0.1) is 0 Å². The minimum Gasteiger partial charge on any atom is -0.481 e. The average molecular weight is 230 g/mol. The predicted octanol–water partition coefficient (Wildman–Crippen LogP) is 2.77. The Morgan fingerprint density at radius 3 is 2.00 bits per heavy atom. The third-order valence-electron chi connectivity index (χ3n) is 2.95. The number of rotatable bonds is 3. The van der Waals surface area contributed by atoms with Gasteiger partial charge in [0.25, 0.3) is 5.97 Å². The molecule has 0 saturated heterocycles. The van der Waals surface area contributed by atoms with Gasteiger partial charge in [-0.05, 0) is 11.8 Å². The molecule has 94 valence electrons. The fourth-order valence-corrected chi connectivity index (χ4v) is 2.15. The maximum atomic E-state index is 10.5. The molecule has 0 radical (unpaired) electrons. The summed E-state index contributed by atoms with van der Waals surface area (Å²) in [5.41, 5.74) is 0. The summed E-state index contributed by atoms with van der Waals surface area (Å²) in [6, 6.07) is 0. The highest BCUT2D eigenvalue weighted by atomic mass is 16.4. The molecule has 1 saturated carbocycles. The first-order valence-corrected chi connectivity index (χ1v) is 5.84. The van der Waals surface area contributed by atoms with Gasteiger partial charge in [-0.25, -0.2) is 0 Å². The van der Waals surface area contributed by atoms with E-state index in [1.807, 2.05) is 0 Å². The zero-order valence-electron chi connectivity index (χ0n) is 10.1. The maximum absolute atomic E-state index is 10.5. The molecule has 0 aliphatic heterocycles. The Balaban J connectivity index is 0.000000487. The minimum atomic E-state index is -0.833. The van der Waals surface area contributed by atoms with Crippen LogP contribution >= 0.6 is 0 Å². The number of carbonyl (C=O) groups is 2. The molecule has 0 aromatic heterocycles. The molecule has 4 heteroatoms. The van der Waals surface area contributed by atoms with Gasteiger partial charge in [-0.1, -0.05) is 39.0 Å². The van der Waals surface area contributed by atoms with Crippen molar-refractivity contribution in [2.45, 2.75) is 52.4 Å². The van der Waals surface area contributed by atoms with Crippen molar-refractivity contribution < 1.29 is 19.8 Å². The van der Waals surface area contributed by atoms with Crippen molar-refractivity contribution in [2.24, 2.45) is 11.8 Å². The SMILES string of the molecule is CC(=O)O.CC(CC(=O)O)C1CCCCC1. The second-order valence-electron chi connectivity index (χ2n) is 4.49. The normalized spacial score (nSPS) is 18.1. The summed E-state index contributed by atoms with van der Waals surface area (Å²) in [4.78, 5) is 19.5. The average Bonchev–Trinajstić information content (AvgIpc) is 2.17. The second kappa shape index (κ2) is 8.13. The molecular weight excluding hydrogens is 208 g/mol. The number of hydrogen-bond acceptors (Lipinski definition) is 2. The maximum Gasteiger partial charge on any atom is 0.303 e. The molecule has 1 unspecified atom stereocenters. The van der Waals surface area contributed by atoms with Gasteiger partial charge >= 0.3 is 5.97 Å². The van der Waals surface area contributed by atoms with Crippen LogP contribution in [-0.2, 0) is 9.59 Å². The van der Waals surface area contributed by atoms with Crippen LogP contribution in [0.15, 0.2) is 0 Å². The molecule has 1 fully saturated rings. The largest absolute Gasteiger partial charge is 0.481 e. The Morgan fingerprint density at radius 1 is 1.19 bits per heavy atom. The Hall–Kier alpha value is -1.06. The van der Waals surface area contributed by atoms with Crippen molar-refractivity contribution in [3.63, 3.8) is 0 Å². The standard InChI is InChI=1S/C10H18O2.C2H4O2/c1-8(7-10(11)12)9-5-3-2-4-6-9;1-2(3)4/h8-9H,2-7H2,1H3,(H,11,12);1H3,(H,3,4). The Morgan fingerprint density at radius 2 is 1.62 bits per heavy atom. The van der Waals surface area contributed by atoms with Crippen molar-refractivity contribution in [3.8, 4) is 0 Å². The van der Waals surface area contributed by atoms with Crippen molar-refractivity contribution in [1.82, 2.24) is 0 Å². The van der Waals surface area contributed by atoms with Gasteiger partial charge in [0, 0.05) is 13.3 Å². The van der Waals surface area contributed by atoms with Gasteiger partial charge in [-0.2, -0.15) is 0 Å². The van der Waals surface area contributed by atoms with Gasteiger partial charge in [-0.15, -0.1) is 0 Å². The molecular formula is C12H22O4. The lowest BCUT2D eigenvalue weighted by Crippen LogP contribution is -2.18. The minimum absolute atomic E-state index is 0.352. The molecule has 0 heterocycles. The van der Waals surface area contributed by atoms with Crippen LogP contribution in [0.25, 0.3) is 0 Å². The van der Waals surface area contributed by atoms with Crippen LogP contribution in [0.2, 0.25) is 0 Å². The molecule has 1 rings (SSSR count). The van der Waals surface area contributed by atoms with Gasteiger partial charge in [-0.3, -0.25) is 9.59 Å². The van der Waals surface area contributed by atoms with E-state index in [-0.39, 0.29) is 0 Å². The zero-order chi connectivity index (χ0) is 12.6. The summed E-state index contributed by atoms with van der Waals surface area (Å²) in [6.45, 7) is 3.16. The summed E-state index contributed by atoms with van der Waals surface area (Å²) in [5, 5.41) is 16.0. The van der Waals surface area contributed by atoms with Crippen LogP contribution in [0.1, 0.15) is 52.4 Å². The smallest absolute Gasteiger partial charge is 0.303 e. The van der Waals surface area contributed by atoms with Crippen molar-refractivity contribution >= 4 is 11.9 Å². The van der Waals surface area contributed by atoms with Crippen LogP contribution in [0.3, 0.4) is 0 Å². The molecule has 0 spiro atoms. The van der Waals surface area contributed by atoms with Crippen LogP contribution in [0, 0.1) is 11.8 Å². The third kappa shape index (κ3) is 8.26. The molecule has 1 aliphatic carbocycles. The highest BCUT2D eigenvalue weighted by Gasteiger charge is 2.21. The van der Waals surface area contributed by atoms with Crippen LogP contribution < -0.4 is 0 Å². The van der Waals surface area contributed by atoms with Gasteiger partial charge < -0.3 is 10.2 Å².